The van der Waals surface area contributed by atoms with Crippen molar-refractivity contribution in [2.24, 2.45) is 11.7 Å². The van der Waals surface area contributed by atoms with E-state index in [-0.39, 0.29) is 16.8 Å². The first-order valence-electron chi connectivity index (χ1n) is 5.07. The van der Waals surface area contributed by atoms with Gasteiger partial charge in [0.2, 0.25) is 5.91 Å². The molecule has 0 aliphatic carbocycles. The summed E-state index contributed by atoms with van der Waals surface area (Å²) >= 11 is 4.85. The van der Waals surface area contributed by atoms with E-state index >= 15 is 0 Å². The molecule has 0 aromatic rings. The molecule has 1 amide bonds. The fourth-order valence-electron chi connectivity index (χ4n) is 1.32. The molecule has 0 fully saturated rings. The molecular weight excluding hydrogens is 212 g/mol. The van der Waals surface area contributed by atoms with Crippen molar-refractivity contribution in [1.29, 1.82) is 0 Å². The molecule has 0 aliphatic heterocycles. The van der Waals surface area contributed by atoms with E-state index in [1.54, 1.807) is 19.1 Å². The molecule has 4 nitrogen and oxygen atoms in total. The first-order chi connectivity index (χ1) is 7.04. The molecule has 0 radical (unpaired) electrons. The summed E-state index contributed by atoms with van der Waals surface area (Å²) in [4.78, 5) is 13.8. The van der Waals surface area contributed by atoms with E-state index in [1.165, 1.54) is 0 Å². The third-order valence-electron chi connectivity index (χ3n) is 2.27. The van der Waals surface area contributed by atoms with Crippen LogP contribution in [0.3, 0.4) is 0 Å². The van der Waals surface area contributed by atoms with E-state index in [0.29, 0.717) is 19.6 Å². The van der Waals surface area contributed by atoms with Gasteiger partial charge in [-0.3, -0.25) is 4.79 Å². The van der Waals surface area contributed by atoms with Gasteiger partial charge in [0, 0.05) is 27.3 Å². The second-order valence-corrected chi connectivity index (χ2v) is 3.94. The topological polar surface area (TPSA) is 55.6 Å². The predicted octanol–water partition coefficient (Wildman–Crippen LogP) is 0.794. The molecule has 15 heavy (non-hydrogen) atoms. The van der Waals surface area contributed by atoms with Crippen LogP contribution < -0.4 is 5.73 Å². The van der Waals surface area contributed by atoms with Crippen LogP contribution in [0.2, 0.25) is 0 Å². The zero-order chi connectivity index (χ0) is 11.8. The highest BCUT2D eigenvalue weighted by molar-refractivity contribution is 7.80. The standard InChI is InChI=1S/C10H20N2O2S/c1-4-8(9(11)15)10(13)12(2)6-5-7-14-3/h8H,4-7H2,1-3H3,(H2,11,15). The van der Waals surface area contributed by atoms with Crippen molar-refractivity contribution in [1.82, 2.24) is 4.90 Å². The fourth-order valence-corrected chi connectivity index (χ4v) is 1.59. The molecule has 0 rings (SSSR count). The van der Waals surface area contributed by atoms with E-state index in [4.69, 9.17) is 22.7 Å². The molecule has 5 heteroatoms. The van der Waals surface area contributed by atoms with Gasteiger partial charge < -0.3 is 15.4 Å². The second kappa shape index (κ2) is 7.59. The molecule has 0 bridgehead atoms. The number of nitrogens with zero attached hydrogens (tertiary/aromatic N) is 1. The van der Waals surface area contributed by atoms with Crippen molar-refractivity contribution < 1.29 is 9.53 Å². The molecule has 0 saturated heterocycles. The first-order valence-corrected chi connectivity index (χ1v) is 5.48. The van der Waals surface area contributed by atoms with Crippen LogP contribution in [0.15, 0.2) is 0 Å². The Kier molecular flexibility index (Phi) is 7.25. The Labute approximate surface area is 96.8 Å². The van der Waals surface area contributed by atoms with E-state index in [9.17, 15) is 4.79 Å². The third-order valence-corrected chi connectivity index (χ3v) is 2.55. The summed E-state index contributed by atoms with van der Waals surface area (Å²) in [5, 5.41) is 0. The van der Waals surface area contributed by atoms with Crippen LogP contribution >= 0.6 is 12.2 Å². The van der Waals surface area contributed by atoms with Crippen LogP contribution in [-0.4, -0.2) is 43.1 Å². The molecular formula is C10H20N2O2S. The van der Waals surface area contributed by atoms with Gasteiger partial charge in [-0.2, -0.15) is 0 Å². The summed E-state index contributed by atoms with van der Waals surface area (Å²) in [5.74, 6) is -0.325. The van der Waals surface area contributed by atoms with Crippen molar-refractivity contribution in [3.63, 3.8) is 0 Å². The quantitative estimate of drug-likeness (QED) is 0.521. The zero-order valence-electron chi connectivity index (χ0n) is 9.66. The van der Waals surface area contributed by atoms with Crippen LogP contribution in [0.25, 0.3) is 0 Å². The van der Waals surface area contributed by atoms with Crippen LogP contribution in [-0.2, 0) is 9.53 Å². The molecule has 2 N–H and O–H groups in total. The summed E-state index contributed by atoms with van der Waals surface area (Å²) in [6.45, 7) is 3.23. The van der Waals surface area contributed by atoms with Gasteiger partial charge in [-0.1, -0.05) is 19.1 Å². The second-order valence-electron chi connectivity index (χ2n) is 3.47. The van der Waals surface area contributed by atoms with E-state index in [1.807, 2.05) is 6.92 Å². The lowest BCUT2D eigenvalue weighted by atomic mass is 10.1. The summed E-state index contributed by atoms with van der Waals surface area (Å²) in [5.41, 5.74) is 5.50. The maximum absolute atomic E-state index is 11.8. The Balaban J connectivity index is 4.11. The third kappa shape index (κ3) is 5.09. The molecule has 0 saturated carbocycles. The lowest BCUT2D eigenvalue weighted by Gasteiger charge is -2.22. The van der Waals surface area contributed by atoms with Crippen molar-refractivity contribution in [2.75, 3.05) is 27.3 Å². The number of carbonyl (C=O) groups is 1. The average Bonchev–Trinajstić information content (AvgIpc) is 2.18. The van der Waals surface area contributed by atoms with Crippen molar-refractivity contribution in [3.05, 3.63) is 0 Å². The molecule has 1 atom stereocenters. The van der Waals surface area contributed by atoms with Crippen LogP contribution in [0.5, 0.6) is 0 Å². The number of carbonyl (C=O) groups excluding carboxylic acids is 1. The maximum Gasteiger partial charge on any atom is 0.232 e. The van der Waals surface area contributed by atoms with Gasteiger partial charge >= 0.3 is 0 Å². The smallest absolute Gasteiger partial charge is 0.232 e. The lowest BCUT2D eigenvalue weighted by molar-refractivity contribution is -0.132. The van der Waals surface area contributed by atoms with Crippen molar-refractivity contribution >= 4 is 23.1 Å². The number of nitrogens with two attached hydrogens (primary N) is 1. The normalized spacial score (nSPS) is 12.2. The summed E-state index contributed by atoms with van der Waals surface area (Å²) < 4.78 is 4.92. The van der Waals surface area contributed by atoms with E-state index < -0.39 is 0 Å². The Bertz CT molecular complexity index is 221. The Morgan fingerprint density at radius 2 is 2.20 bits per heavy atom. The predicted molar refractivity (Wildman–Crippen MR) is 64.7 cm³/mol. The SMILES string of the molecule is CCC(C(=O)N(C)CCCOC)C(N)=S. The molecule has 0 aromatic carbocycles. The van der Waals surface area contributed by atoms with Gasteiger partial charge in [0.05, 0.1) is 10.9 Å². The highest BCUT2D eigenvalue weighted by Gasteiger charge is 2.22. The molecule has 88 valence electrons. The highest BCUT2D eigenvalue weighted by atomic mass is 32.1. The van der Waals surface area contributed by atoms with Crippen LogP contribution in [0.1, 0.15) is 19.8 Å². The molecule has 0 aliphatic rings. The van der Waals surface area contributed by atoms with Gasteiger partial charge in [0.25, 0.3) is 0 Å². The zero-order valence-corrected chi connectivity index (χ0v) is 10.5. The maximum atomic E-state index is 11.8. The van der Waals surface area contributed by atoms with Gasteiger partial charge in [-0.25, -0.2) is 0 Å². The van der Waals surface area contributed by atoms with Gasteiger partial charge in [-0.05, 0) is 12.8 Å². The molecule has 0 spiro atoms. The number of amides is 1. The van der Waals surface area contributed by atoms with Crippen LogP contribution in [0, 0.1) is 5.92 Å². The van der Waals surface area contributed by atoms with Crippen LogP contribution in [0.4, 0.5) is 0 Å². The monoisotopic (exact) mass is 232 g/mol. The van der Waals surface area contributed by atoms with E-state index in [2.05, 4.69) is 0 Å². The number of thiocarbonyl (C=S) groups is 1. The van der Waals surface area contributed by atoms with Gasteiger partial charge in [0.15, 0.2) is 0 Å². The number of hydrogen-bond acceptors (Lipinski definition) is 3. The highest BCUT2D eigenvalue weighted by Crippen LogP contribution is 2.07. The number of methoxy groups -OCH3 is 1. The number of ether oxygens (including phenoxy) is 1. The van der Waals surface area contributed by atoms with Crippen molar-refractivity contribution in [2.45, 2.75) is 19.8 Å². The molecule has 0 heterocycles. The Morgan fingerprint density at radius 3 is 2.60 bits per heavy atom. The van der Waals surface area contributed by atoms with Crippen molar-refractivity contribution in [3.8, 4) is 0 Å². The lowest BCUT2D eigenvalue weighted by Crippen LogP contribution is -2.39. The Morgan fingerprint density at radius 1 is 1.60 bits per heavy atom. The number of rotatable bonds is 7. The average molecular weight is 232 g/mol. The van der Waals surface area contributed by atoms with Gasteiger partial charge in [0.1, 0.15) is 0 Å². The minimum Gasteiger partial charge on any atom is -0.393 e. The van der Waals surface area contributed by atoms with E-state index in [0.717, 1.165) is 6.42 Å². The van der Waals surface area contributed by atoms with Gasteiger partial charge in [-0.15, -0.1) is 0 Å². The summed E-state index contributed by atoms with van der Waals surface area (Å²) in [7, 11) is 3.41. The Hall–Kier alpha value is -0.680. The molecule has 1 unspecified atom stereocenters. The minimum atomic E-state index is -0.326. The molecule has 0 aromatic heterocycles. The fraction of sp³-hybridized carbons (Fsp3) is 0.800. The number of hydrogen-bond donors (Lipinski definition) is 1. The first kappa shape index (κ1) is 14.3. The summed E-state index contributed by atoms with van der Waals surface area (Å²) in [6.07, 6.45) is 1.48. The summed E-state index contributed by atoms with van der Waals surface area (Å²) in [6, 6.07) is 0. The minimum absolute atomic E-state index is 0.00102. The largest absolute Gasteiger partial charge is 0.393 e.